The number of nitrogens with one attached hydrogen (secondary N) is 1. The number of nitro groups is 1. The van der Waals surface area contributed by atoms with Crippen molar-refractivity contribution in [1.82, 2.24) is 4.98 Å². The SMILES string of the molecule is O=C(O)c1ccc([N+](=O)[O-])c(NCC2CCO2)n1. The highest BCUT2D eigenvalue weighted by atomic mass is 16.6. The van der Waals surface area contributed by atoms with E-state index in [9.17, 15) is 14.9 Å². The van der Waals surface area contributed by atoms with Gasteiger partial charge in [-0.05, 0) is 12.5 Å². The number of nitrogens with zero attached hydrogens (tertiary/aromatic N) is 2. The van der Waals surface area contributed by atoms with E-state index in [2.05, 4.69) is 10.3 Å². The Bertz CT molecular complexity index is 486. The van der Waals surface area contributed by atoms with Gasteiger partial charge in [-0.2, -0.15) is 0 Å². The first-order valence-corrected chi connectivity index (χ1v) is 5.32. The Labute approximate surface area is 102 Å². The molecule has 8 nitrogen and oxygen atoms in total. The summed E-state index contributed by atoms with van der Waals surface area (Å²) in [5, 5.41) is 22.3. The van der Waals surface area contributed by atoms with Crippen molar-refractivity contribution in [3.8, 4) is 0 Å². The molecule has 8 heteroatoms. The molecule has 1 aliphatic rings. The maximum absolute atomic E-state index is 10.8. The molecule has 18 heavy (non-hydrogen) atoms. The number of ether oxygens (including phenoxy) is 1. The number of pyridine rings is 1. The predicted molar refractivity (Wildman–Crippen MR) is 60.7 cm³/mol. The van der Waals surface area contributed by atoms with Gasteiger partial charge in [0.1, 0.15) is 0 Å². The molecule has 0 amide bonds. The van der Waals surface area contributed by atoms with Crippen LogP contribution in [0.25, 0.3) is 0 Å². The second-order valence-electron chi connectivity index (χ2n) is 3.79. The Morgan fingerprint density at radius 3 is 2.89 bits per heavy atom. The minimum atomic E-state index is -1.23. The first-order chi connectivity index (χ1) is 8.58. The number of carbonyl (C=O) groups is 1. The van der Waals surface area contributed by atoms with Gasteiger partial charge in [-0.25, -0.2) is 9.78 Å². The molecule has 1 aromatic rings. The largest absolute Gasteiger partial charge is 0.477 e. The van der Waals surface area contributed by atoms with Crippen molar-refractivity contribution in [2.75, 3.05) is 18.5 Å². The Morgan fingerprint density at radius 1 is 1.67 bits per heavy atom. The van der Waals surface area contributed by atoms with Gasteiger partial charge in [0.2, 0.25) is 5.82 Å². The molecule has 2 N–H and O–H groups in total. The zero-order valence-electron chi connectivity index (χ0n) is 9.33. The number of aromatic carboxylic acids is 1. The standard InChI is InChI=1S/C10H11N3O5/c14-10(15)7-1-2-8(13(16)17)9(12-7)11-5-6-3-4-18-6/h1-2,6H,3-5H2,(H,11,12)(H,14,15). The number of carboxylic acid groups (broad SMARTS) is 1. The second-order valence-corrected chi connectivity index (χ2v) is 3.79. The number of aromatic nitrogens is 1. The fraction of sp³-hybridized carbons (Fsp3) is 0.400. The van der Waals surface area contributed by atoms with Gasteiger partial charge in [-0.3, -0.25) is 10.1 Å². The van der Waals surface area contributed by atoms with Gasteiger partial charge in [-0.15, -0.1) is 0 Å². The highest BCUT2D eigenvalue weighted by Crippen LogP contribution is 2.23. The highest BCUT2D eigenvalue weighted by Gasteiger charge is 2.22. The van der Waals surface area contributed by atoms with Crippen LogP contribution in [-0.4, -0.2) is 40.2 Å². The summed E-state index contributed by atoms with van der Waals surface area (Å²) in [5.74, 6) is -1.27. The number of rotatable bonds is 5. The molecule has 1 unspecified atom stereocenters. The van der Waals surface area contributed by atoms with E-state index in [-0.39, 0.29) is 23.3 Å². The van der Waals surface area contributed by atoms with Crippen LogP contribution in [0.15, 0.2) is 12.1 Å². The van der Waals surface area contributed by atoms with Crippen LogP contribution >= 0.6 is 0 Å². The molecular formula is C10H11N3O5. The van der Waals surface area contributed by atoms with E-state index in [1.54, 1.807) is 0 Å². The van der Waals surface area contributed by atoms with Crippen molar-refractivity contribution >= 4 is 17.5 Å². The Hall–Kier alpha value is -2.22. The number of carboxylic acids is 1. The van der Waals surface area contributed by atoms with Crippen LogP contribution in [0.4, 0.5) is 11.5 Å². The number of anilines is 1. The summed E-state index contributed by atoms with van der Waals surface area (Å²) < 4.78 is 5.15. The molecule has 0 saturated carbocycles. The minimum absolute atomic E-state index is 0.000103. The van der Waals surface area contributed by atoms with Crippen molar-refractivity contribution in [2.45, 2.75) is 12.5 Å². The Balaban J connectivity index is 2.19. The van der Waals surface area contributed by atoms with Gasteiger partial charge in [-0.1, -0.05) is 0 Å². The maximum atomic E-state index is 10.8. The van der Waals surface area contributed by atoms with Crippen molar-refractivity contribution in [1.29, 1.82) is 0 Å². The zero-order valence-corrected chi connectivity index (χ0v) is 9.33. The average Bonchev–Trinajstić information content (AvgIpc) is 2.26. The first-order valence-electron chi connectivity index (χ1n) is 5.32. The maximum Gasteiger partial charge on any atom is 0.354 e. The number of hydrogen-bond acceptors (Lipinski definition) is 6. The molecular weight excluding hydrogens is 242 g/mol. The minimum Gasteiger partial charge on any atom is -0.477 e. The lowest BCUT2D eigenvalue weighted by Gasteiger charge is -2.26. The van der Waals surface area contributed by atoms with Crippen LogP contribution < -0.4 is 5.32 Å². The van der Waals surface area contributed by atoms with Gasteiger partial charge >= 0.3 is 11.7 Å². The highest BCUT2D eigenvalue weighted by molar-refractivity contribution is 5.86. The lowest BCUT2D eigenvalue weighted by atomic mass is 10.2. The molecule has 0 aromatic carbocycles. The quantitative estimate of drug-likeness (QED) is 0.591. The van der Waals surface area contributed by atoms with Crippen molar-refractivity contribution in [2.24, 2.45) is 0 Å². The molecule has 1 fully saturated rings. The summed E-state index contributed by atoms with van der Waals surface area (Å²) in [7, 11) is 0. The van der Waals surface area contributed by atoms with Gasteiger partial charge < -0.3 is 15.2 Å². The van der Waals surface area contributed by atoms with E-state index in [4.69, 9.17) is 9.84 Å². The Kier molecular flexibility index (Phi) is 3.38. The van der Waals surface area contributed by atoms with E-state index in [1.165, 1.54) is 0 Å². The van der Waals surface area contributed by atoms with Gasteiger partial charge in [0.05, 0.1) is 11.0 Å². The smallest absolute Gasteiger partial charge is 0.354 e. The molecule has 0 bridgehead atoms. The molecule has 0 spiro atoms. The van der Waals surface area contributed by atoms with Crippen LogP contribution in [0.3, 0.4) is 0 Å². The monoisotopic (exact) mass is 253 g/mol. The summed E-state index contributed by atoms with van der Waals surface area (Å²) >= 11 is 0. The van der Waals surface area contributed by atoms with E-state index >= 15 is 0 Å². The lowest BCUT2D eigenvalue weighted by Crippen LogP contribution is -2.33. The summed E-state index contributed by atoms with van der Waals surface area (Å²) in [4.78, 5) is 24.6. The van der Waals surface area contributed by atoms with Gasteiger partial charge in [0.15, 0.2) is 5.69 Å². The van der Waals surface area contributed by atoms with Crippen molar-refractivity contribution in [3.63, 3.8) is 0 Å². The third-order valence-corrected chi connectivity index (χ3v) is 2.58. The van der Waals surface area contributed by atoms with Crippen LogP contribution in [0.2, 0.25) is 0 Å². The molecule has 2 heterocycles. The van der Waals surface area contributed by atoms with Crippen molar-refractivity contribution in [3.05, 3.63) is 27.9 Å². The van der Waals surface area contributed by atoms with Gasteiger partial charge in [0.25, 0.3) is 0 Å². The third-order valence-electron chi connectivity index (χ3n) is 2.58. The molecule has 96 valence electrons. The summed E-state index contributed by atoms with van der Waals surface area (Å²) in [6, 6.07) is 2.23. The molecule has 1 aromatic heterocycles. The molecule has 1 saturated heterocycles. The fourth-order valence-corrected chi connectivity index (χ4v) is 1.50. The molecule has 0 aliphatic carbocycles. The van der Waals surface area contributed by atoms with E-state index in [0.717, 1.165) is 18.6 Å². The topological polar surface area (TPSA) is 115 Å². The van der Waals surface area contributed by atoms with Crippen LogP contribution in [0.1, 0.15) is 16.9 Å². The van der Waals surface area contributed by atoms with Crippen LogP contribution in [-0.2, 0) is 4.74 Å². The Morgan fingerprint density at radius 2 is 2.39 bits per heavy atom. The number of hydrogen-bond donors (Lipinski definition) is 2. The normalized spacial score (nSPS) is 17.9. The average molecular weight is 253 g/mol. The molecule has 0 radical (unpaired) electrons. The summed E-state index contributed by atoms with van der Waals surface area (Å²) in [6.07, 6.45) is 0.874. The molecule has 1 atom stereocenters. The third kappa shape index (κ3) is 2.54. The molecule has 1 aliphatic heterocycles. The van der Waals surface area contributed by atoms with Gasteiger partial charge in [0, 0.05) is 19.2 Å². The van der Waals surface area contributed by atoms with Crippen LogP contribution in [0.5, 0.6) is 0 Å². The van der Waals surface area contributed by atoms with E-state index in [1.807, 2.05) is 0 Å². The van der Waals surface area contributed by atoms with E-state index < -0.39 is 10.9 Å². The lowest BCUT2D eigenvalue weighted by molar-refractivity contribution is -0.384. The first kappa shape index (κ1) is 12.2. The zero-order chi connectivity index (χ0) is 13.1. The predicted octanol–water partition coefficient (Wildman–Crippen LogP) is 0.889. The molecule has 2 rings (SSSR count). The second kappa shape index (κ2) is 4.96. The van der Waals surface area contributed by atoms with Crippen molar-refractivity contribution < 1.29 is 19.6 Å². The fourth-order valence-electron chi connectivity index (χ4n) is 1.50. The van der Waals surface area contributed by atoms with Crippen LogP contribution in [0, 0.1) is 10.1 Å². The summed E-state index contributed by atoms with van der Waals surface area (Å²) in [6.45, 7) is 1.05. The van der Waals surface area contributed by atoms with E-state index in [0.29, 0.717) is 13.2 Å². The summed E-state index contributed by atoms with van der Waals surface area (Å²) in [5.41, 5.74) is -0.489.